The molecule has 3 nitrogen and oxygen atoms in total. The van der Waals surface area contributed by atoms with Gasteiger partial charge in [-0.1, -0.05) is 120 Å². The number of hydrogen-bond acceptors (Lipinski definition) is 1. The van der Waals surface area contributed by atoms with E-state index in [4.69, 9.17) is 0 Å². The minimum atomic E-state index is -5.08. The number of benzene rings is 8. The van der Waals surface area contributed by atoms with Crippen LogP contribution < -0.4 is 0 Å². The van der Waals surface area contributed by atoms with Crippen LogP contribution in [-0.4, -0.2) is 9.13 Å². The number of halogens is 6. The lowest BCUT2D eigenvalue weighted by molar-refractivity contribution is -0.143. The molecule has 0 saturated carbocycles. The molecule has 0 aliphatic carbocycles. The van der Waals surface area contributed by atoms with Crippen LogP contribution in [0.3, 0.4) is 0 Å². The Morgan fingerprint density at radius 1 is 0.387 bits per heavy atom. The van der Waals surface area contributed by atoms with Gasteiger partial charge in [-0.05, 0) is 102 Å². The molecular weight excluding hydrogens is 793 g/mol. The Labute approximate surface area is 351 Å². The molecule has 9 heteroatoms. The second-order valence-electron chi connectivity index (χ2n) is 15.7. The first-order valence-electron chi connectivity index (χ1n) is 19.9. The number of nitrogens with zero attached hydrogens (tertiary/aromatic N) is 3. The Bertz CT molecular complexity index is 3270. The van der Waals surface area contributed by atoms with E-state index < -0.39 is 23.5 Å². The van der Waals surface area contributed by atoms with Crippen molar-refractivity contribution in [3.8, 4) is 50.8 Å². The van der Waals surface area contributed by atoms with Gasteiger partial charge in [0.25, 0.3) is 0 Å². The van der Waals surface area contributed by atoms with E-state index in [9.17, 15) is 31.6 Å². The topological polar surface area (TPSA) is 33.6 Å². The molecule has 0 N–H and O–H groups in total. The van der Waals surface area contributed by atoms with Gasteiger partial charge in [-0.15, -0.1) is 0 Å². The maximum atomic E-state index is 14.5. The summed E-state index contributed by atoms with van der Waals surface area (Å²) in [7, 11) is 0. The van der Waals surface area contributed by atoms with E-state index in [0.29, 0.717) is 33.4 Å². The molecule has 302 valence electrons. The van der Waals surface area contributed by atoms with Gasteiger partial charge >= 0.3 is 12.4 Å². The van der Waals surface area contributed by atoms with Crippen molar-refractivity contribution >= 4 is 43.6 Å². The van der Waals surface area contributed by atoms with Crippen molar-refractivity contribution in [3.05, 3.63) is 192 Å². The van der Waals surface area contributed by atoms with E-state index in [1.807, 2.05) is 144 Å². The van der Waals surface area contributed by atoms with Crippen molar-refractivity contribution in [2.45, 2.75) is 26.2 Å². The highest BCUT2D eigenvalue weighted by molar-refractivity contribution is 6.12. The summed E-state index contributed by atoms with van der Waals surface area (Å²) in [4.78, 5) is 0. The number of fused-ring (bicyclic) bond motifs is 6. The molecule has 0 amide bonds. The van der Waals surface area contributed by atoms with Gasteiger partial charge in [0.05, 0.1) is 44.6 Å². The second kappa shape index (κ2) is 14.3. The molecule has 10 aromatic rings. The molecule has 10 rings (SSSR count). The van der Waals surface area contributed by atoms with Crippen LogP contribution >= 0.6 is 0 Å². The number of para-hydroxylation sites is 2. The van der Waals surface area contributed by atoms with Gasteiger partial charge in [0, 0.05) is 21.5 Å². The lowest BCUT2D eigenvalue weighted by Gasteiger charge is -2.20. The molecule has 8 aromatic carbocycles. The molecule has 62 heavy (non-hydrogen) atoms. The molecule has 0 aliphatic heterocycles. The van der Waals surface area contributed by atoms with Crippen LogP contribution in [0, 0.1) is 25.2 Å². The van der Waals surface area contributed by atoms with Gasteiger partial charge in [0.2, 0.25) is 0 Å². The minimum Gasteiger partial charge on any atom is -0.308 e. The van der Waals surface area contributed by atoms with Crippen molar-refractivity contribution < 1.29 is 26.3 Å². The number of hydrogen-bond donors (Lipinski definition) is 0. The highest BCUT2D eigenvalue weighted by Crippen LogP contribution is 2.44. The molecule has 0 radical (unpaired) electrons. The summed E-state index contributed by atoms with van der Waals surface area (Å²) in [5.41, 5.74) is 6.25. The fourth-order valence-corrected chi connectivity index (χ4v) is 8.84. The molecule has 2 heterocycles. The van der Waals surface area contributed by atoms with Crippen molar-refractivity contribution in [1.82, 2.24) is 9.13 Å². The number of aryl methyl sites for hydroxylation is 2. The number of nitriles is 1. The fraction of sp³-hybridized carbons (Fsp3) is 0.0755. The van der Waals surface area contributed by atoms with E-state index in [1.165, 1.54) is 12.1 Å². The molecule has 0 saturated heterocycles. The highest BCUT2D eigenvalue weighted by Gasteiger charge is 2.37. The molecule has 0 bridgehead atoms. The zero-order valence-corrected chi connectivity index (χ0v) is 33.2. The summed E-state index contributed by atoms with van der Waals surface area (Å²) in [6.07, 6.45) is -10.2. The van der Waals surface area contributed by atoms with Crippen molar-refractivity contribution in [2.75, 3.05) is 0 Å². The quantitative estimate of drug-likeness (QED) is 0.159. The van der Waals surface area contributed by atoms with E-state index in [-0.39, 0.29) is 22.8 Å². The van der Waals surface area contributed by atoms with Gasteiger partial charge in [0.15, 0.2) is 0 Å². The summed E-state index contributed by atoms with van der Waals surface area (Å²) in [6.45, 7) is 4.00. The molecule has 0 spiro atoms. The smallest absolute Gasteiger partial charge is 0.308 e. The average Bonchev–Trinajstić information content (AvgIpc) is 3.77. The lowest BCUT2D eigenvalue weighted by atomic mass is 9.96. The Morgan fingerprint density at radius 3 is 1.21 bits per heavy atom. The highest BCUT2D eigenvalue weighted by atomic mass is 19.4. The maximum Gasteiger partial charge on any atom is 0.416 e. The summed E-state index contributed by atoms with van der Waals surface area (Å²) >= 11 is 0. The van der Waals surface area contributed by atoms with Crippen LogP contribution in [0.25, 0.3) is 88.4 Å². The Kier molecular flexibility index (Phi) is 8.89. The van der Waals surface area contributed by atoms with E-state index in [0.717, 1.165) is 67.1 Å². The van der Waals surface area contributed by atoms with Gasteiger partial charge in [-0.3, -0.25) is 0 Å². The average molecular weight is 826 g/mol. The number of rotatable bonds is 5. The summed E-state index contributed by atoms with van der Waals surface area (Å²) in [5, 5.41) is 14.8. The monoisotopic (exact) mass is 825 g/mol. The van der Waals surface area contributed by atoms with Crippen molar-refractivity contribution in [2.24, 2.45) is 0 Å². The number of alkyl halides is 6. The van der Waals surface area contributed by atoms with Crippen molar-refractivity contribution in [1.29, 1.82) is 5.26 Å². The van der Waals surface area contributed by atoms with Crippen LogP contribution in [0.1, 0.15) is 27.8 Å². The van der Waals surface area contributed by atoms with E-state index in [2.05, 4.69) is 18.2 Å². The minimum absolute atomic E-state index is 0.0622. The lowest BCUT2D eigenvalue weighted by Crippen LogP contribution is -2.11. The Hall–Kier alpha value is -7.57. The van der Waals surface area contributed by atoms with Crippen LogP contribution in [0.15, 0.2) is 164 Å². The van der Waals surface area contributed by atoms with Crippen LogP contribution in [0.2, 0.25) is 0 Å². The van der Waals surface area contributed by atoms with Crippen LogP contribution in [0.4, 0.5) is 26.3 Å². The van der Waals surface area contributed by atoms with Gasteiger partial charge in [-0.25, -0.2) is 0 Å². The zero-order valence-electron chi connectivity index (χ0n) is 33.2. The normalized spacial score (nSPS) is 12.2. The van der Waals surface area contributed by atoms with Crippen LogP contribution in [-0.2, 0) is 12.4 Å². The van der Waals surface area contributed by atoms with Gasteiger partial charge in [-0.2, -0.15) is 31.6 Å². The third-order valence-electron chi connectivity index (χ3n) is 11.7. The third kappa shape index (κ3) is 6.47. The first-order chi connectivity index (χ1) is 29.8. The Morgan fingerprint density at radius 2 is 0.790 bits per heavy atom. The first kappa shape index (κ1) is 38.6. The summed E-state index contributed by atoms with van der Waals surface area (Å²) in [5.74, 6) is 0. The maximum absolute atomic E-state index is 14.5. The zero-order chi connectivity index (χ0) is 43.1. The fourth-order valence-electron chi connectivity index (χ4n) is 8.84. The predicted molar refractivity (Wildman–Crippen MR) is 236 cm³/mol. The molecule has 0 fully saturated rings. The number of aromatic nitrogens is 2. The molecule has 0 atom stereocenters. The second-order valence-corrected chi connectivity index (χ2v) is 15.7. The van der Waals surface area contributed by atoms with E-state index in [1.54, 1.807) is 0 Å². The summed E-state index contributed by atoms with van der Waals surface area (Å²) in [6, 6.07) is 50.5. The van der Waals surface area contributed by atoms with Crippen molar-refractivity contribution in [3.63, 3.8) is 0 Å². The summed E-state index contributed by atoms with van der Waals surface area (Å²) < 4.78 is 90.6. The Balaban J connectivity index is 1.36. The molecular formula is C53H33F6N3. The largest absolute Gasteiger partial charge is 0.416 e. The molecule has 2 aromatic heterocycles. The standard InChI is InChI=1S/C53H33F6N3/c1-31-9-7-11-33(21-31)35-17-19-43-41-13-3-5-15-46(41)61(48(43)25-35)50-27-38(37-23-39(52(54,55)56)29-40(24-37)53(57,58)59)28-51(45(50)30-60)62-47-16-6-4-14-42(47)44-20-18-36(26-49(44)62)34-12-8-10-32(2)22-34/h3-29H,1-2H3. The predicted octanol–water partition coefficient (Wildman–Crippen LogP) is 15.4. The SMILES string of the molecule is Cc1cccc(-c2ccc3c4ccccc4n(-c4cc(-c5cc(C(F)(F)F)cc(C(F)(F)F)c5)cc(-n5c6ccccc6c6ccc(-c7cccc(C)c7)cc65)c4C#N)c3c2)c1. The van der Waals surface area contributed by atoms with Crippen LogP contribution in [0.5, 0.6) is 0 Å². The van der Waals surface area contributed by atoms with Gasteiger partial charge < -0.3 is 9.13 Å². The first-order valence-corrected chi connectivity index (χ1v) is 19.9. The third-order valence-corrected chi connectivity index (χ3v) is 11.7. The molecule has 0 aliphatic rings. The molecule has 0 unspecified atom stereocenters. The van der Waals surface area contributed by atoms with E-state index >= 15 is 0 Å². The van der Waals surface area contributed by atoms with Gasteiger partial charge in [0.1, 0.15) is 11.6 Å².